The quantitative estimate of drug-likeness (QED) is 0.0379. The van der Waals surface area contributed by atoms with Crippen molar-refractivity contribution in [3.05, 3.63) is 59.7 Å². The molecule has 14 nitrogen and oxygen atoms in total. The van der Waals surface area contributed by atoms with Crippen molar-refractivity contribution in [2.75, 3.05) is 59.3 Å². The first-order valence-corrected chi connectivity index (χ1v) is 23.8. The number of carbonyl (C=O) groups is 5. The van der Waals surface area contributed by atoms with Crippen LogP contribution in [0.1, 0.15) is 153 Å². The zero-order chi connectivity index (χ0) is 46.3. The Labute approximate surface area is 381 Å². The van der Waals surface area contributed by atoms with Crippen molar-refractivity contribution in [2.45, 2.75) is 154 Å². The molecule has 0 unspecified atom stereocenters. The lowest BCUT2D eigenvalue weighted by molar-refractivity contribution is -0.155. The Morgan fingerprint density at radius 2 is 1.05 bits per heavy atom. The molecule has 2 aromatic carbocycles. The van der Waals surface area contributed by atoms with E-state index in [0.29, 0.717) is 78.4 Å². The molecular weight excluding hydrogens is 819 g/mol. The Hall–Kier alpha value is -4.53. The first kappa shape index (κ1) is 53.8. The fourth-order valence-corrected chi connectivity index (χ4v) is 7.56. The molecular formula is C50H77N3O11. The van der Waals surface area contributed by atoms with Crippen LogP contribution in [0.15, 0.2) is 48.5 Å². The zero-order valence-electron chi connectivity index (χ0n) is 38.9. The Kier molecular flexibility index (Phi) is 27.1. The van der Waals surface area contributed by atoms with E-state index < -0.39 is 23.7 Å². The third kappa shape index (κ3) is 24.0. The van der Waals surface area contributed by atoms with Crippen LogP contribution >= 0.6 is 0 Å². The second kappa shape index (κ2) is 32.2. The van der Waals surface area contributed by atoms with Gasteiger partial charge in [0.15, 0.2) is 0 Å². The molecule has 4 N–H and O–H groups in total. The zero-order valence-corrected chi connectivity index (χ0v) is 38.9. The Bertz CT molecular complexity index is 1620. The van der Waals surface area contributed by atoms with Crippen LogP contribution in [0, 0.1) is 0 Å². The van der Waals surface area contributed by atoms with Gasteiger partial charge < -0.3 is 44.7 Å². The van der Waals surface area contributed by atoms with Crippen LogP contribution in [-0.2, 0) is 42.9 Å². The number of nitrogens with one attached hydrogen (secondary N) is 3. The largest absolute Gasteiger partial charge is 0.480 e. The van der Waals surface area contributed by atoms with E-state index in [-0.39, 0.29) is 49.6 Å². The van der Waals surface area contributed by atoms with E-state index in [1.165, 1.54) is 54.4 Å². The average molecular weight is 896 g/mol. The molecule has 2 aromatic rings. The second-order valence-electron chi connectivity index (χ2n) is 17.5. The highest BCUT2D eigenvalue weighted by Crippen LogP contribution is 2.44. The van der Waals surface area contributed by atoms with Crippen LogP contribution in [0.2, 0.25) is 0 Å². The molecule has 0 aliphatic heterocycles. The number of alkyl carbamates (subject to hydrolysis) is 1. The van der Waals surface area contributed by atoms with Gasteiger partial charge in [-0.15, -0.1) is 0 Å². The van der Waals surface area contributed by atoms with E-state index in [1.54, 1.807) is 0 Å². The maximum absolute atomic E-state index is 12.4. The number of carbonyl (C=O) groups excluding carboxylic acids is 4. The normalized spacial score (nSPS) is 12.5. The highest BCUT2D eigenvalue weighted by atomic mass is 16.6. The lowest BCUT2D eigenvalue weighted by atomic mass is 9.98. The molecule has 14 heteroatoms. The third-order valence-electron chi connectivity index (χ3n) is 10.9. The van der Waals surface area contributed by atoms with E-state index in [1.807, 2.05) is 45.0 Å². The Morgan fingerprint density at radius 3 is 1.56 bits per heavy atom. The summed E-state index contributed by atoms with van der Waals surface area (Å²) in [6, 6.07) is 15.4. The minimum atomic E-state index is -1.15. The Morgan fingerprint density at radius 1 is 0.578 bits per heavy atom. The fraction of sp³-hybridized carbons (Fsp3) is 0.660. The van der Waals surface area contributed by atoms with Gasteiger partial charge in [-0.2, -0.15) is 0 Å². The molecule has 1 aliphatic rings. The summed E-state index contributed by atoms with van der Waals surface area (Å²) < 4.78 is 27.6. The van der Waals surface area contributed by atoms with Gasteiger partial charge in [0.2, 0.25) is 11.8 Å². The number of aliphatic carboxylic acids is 1. The van der Waals surface area contributed by atoms with Crippen LogP contribution in [0.4, 0.5) is 4.79 Å². The summed E-state index contributed by atoms with van der Waals surface area (Å²) in [5.74, 6) is -1.81. The second-order valence-corrected chi connectivity index (χ2v) is 17.5. The summed E-state index contributed by atoms with van der Waals surface area (Å²) in [7, 11) is 0. The molecule has 3 rings (SSSR count). The van der Waals surface area contributed by atoms with Gasteiger partial charge in [0.25, 0.3) is 0 Å². The molecule has 358 valence electrons. The molecule has 3 amide bonds. The third-order valence-corrected chi connectivity index (χ3v) is 10.9. The van der Waals surface area contributed by atoms with Crippen molar-refractivity contribution in [3.8, 4) is 11.1 Å². The minimum Gasteiger partial charge on any atom is -0.480 e. The van der Waals surface area contributed by atoms with Gasteiger partial charge >= 0.3 is 18.0 Å². The van der Waals surface area contributed by atoms with Crippen LogP contribution in [0.3, 0.4) is 0 Å². The number of unbranched alkanes of at least 4 members (excludes halogenated alkanes) is 11. The number of carboxylic acid groups (broad SMARTS) is 1. The highest BCUT2D eigenvalue weighted by Gasteiger charge is 2.29. The molecule has 0 heterocycles. The van der Waals surface area contributed by atoms with Crippen molar-refractivity contribution >= 4 is 29.8 Å². The van der Waals surface area contributed by atoms with Gasteiger partial charge in [-0.05, 0) is 75.1 Å². The molecule has 0 saturated heterocycles. The molecule has 64 heavy (non-hydrogen) atoms. The van der Waals surface area contributed by atoms with Gasteiger partial charge in [0, 0.05) is 51.5 Å². The molecule has 0 fully saturated rings. The topological polar surface area (TPSA) is 188 Å². The number of benzene rings is 2. The van der Waals surface area contributed by atoms with Crippen molar-refractivity contribution in [1.82, 2.24) is 16.0 Å². The number of fused-ring (bicyclic) bond motifs is 3. The summed E-state index contributed by atoms with van der Waals surface area (Å²) >= 11 is 0. The number of carboxylic acids is 1. The number of ether oxygens (including phenoxy) is 5. The van der Waals surface area contributed by atoms with Gasteiger partial charge in [-0.1, -0.05) is 113 Å². The average Bonchev–Trinajstić information content (AvgIpc) is 3.58. The molecule has 0 saturated carbocycles. The number of hydrogen-bond acceptors (Lipinski definition) is 10. The van der Waals surface area contributed by atoms with Crippen molar-refractivity contribution in [2.24, 2.45) is 0 Å². The standard InChI is InChI=1S/C50H77N3O11/c1-50(2,3)64-47(56)27-15-13-11-9-7-5-4-6-8-10-12-14-26-46(55)53-44(48(57)58)28-29-45(54)51-30-20-32-60-34-36-62-37-35-61-33-21-31-52-49(59)63-38-43-41-24-18-16-22-39(41)40-23-17-19-25-42(40)43/h16-19,22-25,43-44H,4-15,20-21,26-38H2,1-3H3,(H,51,54)(H,52,59)(H,53,55)(H,57,58)/t44-/m0/s1. The number of hydrogen-bond donors (Lipinski definition) is 4. The molecule has 0 bridgehead atoms. The number of esters is 1. The van der Waals surface area contributed by atoms with E-state index >= 15 is 0 Å². The van der Waals surface area contributed by atoms with Gasteiger partial charge in [0.1, 0.15) is 18.2 Å². The Balaban J connectivity index is 1.04. The summed E-state index contributed by atoms with van der Waals surface area (Å²) in [5.41, 5.74) is 4.32. The predicted octanol–water partition coefficient (Wildman–Crippen LogP) is 8.62. The maximum Gasteiger partial charge on any atom is 0.407 e. The molecule has 1 atom stereocenters. The molecule has 0 radical (unpaired) electrons. The number of amides is 3. The lowest BCUT2D eigenvalue weighted by Crippen LogP contribution is -2.41. The first-order valence-electron chi connectivity index (χ1n) is 23.8. The van der Waals surface area contributed by atoms with Crippen LogP contribution in [0.25, 0.3) is 11.1 Å². The van der Waals surface area contributed by atoms with E-state index in [2.05, 4.69) is 40.2 Å². The summed E-state index contributed by atoms with van der Waals surface area (Å²) in [4.78, 5) is 60.4. The van der Waals surface area contributed by atoms with Crippen molar-refractivity contribution in [3.63, 3.8) is 0 Å². The van der Waals surface area contributed by atoms with Crippen LogP contribution < -0.4 is 16.0 Å². The molecule has 1 aliphatic carbocycles. The van der Waals surface area contributed by atoms with Gasteiger partial charge in [0.05, 0.1) is 26.4 Å². The van der Waals surface area contributed by atoms with E-state index in [0.717, 1.165) is 38.5 Å². The van der Waals surface area contributed by atoms with E-state index in [9.17, 15) is 29.1 Å². The fourth-order valence-electron chi connectivity index (χ4n) is 7.56. The van der Waals surface area contributed by atoms with Crippen LogP contribution in [0.5, 0.6) is 0 Å². The summed E-state index contributed by atoms with van der Waals surface area (Å²) in [5, 5.41) is 17.7. The highest BCUT2D eigenvalue weighted by molar-refractivity contribution is 5.84. The van der Waals surface area contributed by atoms with E-state index in [4.69, 9.17) is 23.7 Å². The minimum absolute atomic E-state index is 0.00278. The predicted molar refractivity (Wildman–Crippen MR) is 247 cm³/mol. The van der Waals surface area contributed by atoms with Crippen molar-refractivity contribution < 1.29 is 52.8 Å². The molecule has 0 aromatic heterocycles. The monoisotopic (exact) mass is 896 g/mol. The van der Waals surface area contributed by atoms with Crippen LogP contribution in [-0.4, -0.2) is 106 Å². The maximum atomic E-state index is 12.4. The summed E-state index contributed by atoms with van der Waals surface area (Å²) in [6.45, 7) is 9.36. The smallest absolute Gasteiger partial charge is 0.407 e. The number of rotatable bonds is 36. The SMILES string of the molecule is CC(C)(C)OC(=O)CCCCCCCCCCCCCCC(=O)N[C@@H](CCC(=O)NCCCOCCOCCOCCCNC(=O)OCC1c2ccccc2-c2ccccc21)C(=O)O. The summed E-state index contributed by atoms with van der Waals surface area (Å²) in [6.07, 6.45) is 14.5. The molecule has 0 spiro atoms. The first-order chi connectivity index (χ1) is 30.9. The van der Waals surface area contributed by atoms with Gasteiger partial charge in [-0.3, -0.25) is 14.4 Å². The van der Waals surface area contributed by atoms with Gasteiger partial charge in [-0.25, -0.2) is 9.59 Å². The lowest BCUT2D eigenvalue weighted by Gasteiger charge is -2.19. The van der Waals surface area contributed by atoms with Crippen molar-refractivity contribution in [1.29, 1.82) is 0 Å².